The second-order valence-electron chi connectivity index (χ2n) is 15.4. The summed E-state index contributed by atoms with van der Waals surface area (Å²) < 4.78 is 13.5. The third-order valence-corrected chi connectivity index (χ3v) is 10.8. The van der Waals surface area contributed by atoms with Crippen LogP contribution >= 0.6 is 0 Å². The molecule has 308 valence electrons. The summed E-state index contributed by atoms with van der Waals surface area (Å²) in [7, 11) is 0. The predicted octanol–water partition coefficient (Wildman–Crippen LogP) is 9.49. The van der Waals surface area contributed by atoms with Crippen LogP contribution in [0.3, 0.4) is 0 Å². The number of unbranched alkanes of at least 4 members (excludes halogenated alkanes) is 1. The molecule has 1 aliphatic rings. The summed E-state index contributed by atoms with van der Waals surface area (Å²) in [5.74, 6) is -0.162. The van der Waals surface area contributed by atoms with Gasteiger partial charge in [-0.15, -0.1) is 0 Å². The molecular formula is C51H54N4O5. The average molecular weight is 803 g/mol. The number of aliphatic hydroxyl groups excluding tert-OH is 1. The fourth-order valence-corrected chi connectivity index (χ4v) is 7.57. The van der Waals surface area contributed by atoms with E-state index in [0.29, 0.717) is 50.0 Å². The highest BCUT2D eigenvalue weighted by atomic mass is 16.7. The maximum Gasteiger partial charge on any atom is 0.224 e. The molecule has 1 aliphatic heterocycles. The van der Waals surface area contributed by atoms with Gasteiger partial charge in [0.05, 0.1) is 30.2 Å². The molecule has 0 bridgehead atoms. The Labute approximate surface area is 353 Å². The van der Waals surface area contributed by atoms with E-state index in [1.54, 1.807) is 12.1 Å². The van der Waals surface area contributed by atoms with Gasteiger partial charge in [-0.3, -0.25) is 14.5 Å². The second kappa shape index (κ2) is 21.2. The number of nitrogens with one attached hydrogen (secondary N) is 2. The van der Waals surface area contributed by atoms with Gasteiger partial charge < -0.3 is 30.9 Å². The summed E-state index contributed by atoms with van der Waals surface area (Å²) in [5.41, 5.74) is 15.5. The quantitative estimate of drug-likeness (QED) is 0.0504. The number of ether oxygens (including phenoxy) is 2. The molecule has 0 saturated carbocycles. The number of hydrogen-bond acceptors (Lipinski definition) is 7. The summed E-state index contributed by atoms with van der Waals surface area (Å²) in [6.07, 6.45) is 1.71. The molecule has 0 unspecified atom stereocenters. The lowest BCUT2D eigenvalue weighted by molar-refractivity contribution is -0.253. The zero-order valence-electron chi connectivity index (χ0n) is 33.9. The molecule has 5 N–H and O–H groups in total. The Morgan fingerprint density at radius 3 is 1.92 bits per heavy atom. The molecule has 9 heteroatoms. The molecule has 1 saturated heterocycles. The minimum atomic E-state index is -0.575. The first-order valence-corrected chi connectivity index (χ1v) is 20.8. The molecule has 1 fully saturated rings. The number of rotatable bonds is 18. The van der Waals surface area contributed by atoms with Gasteiger partial charge in [-0.25, -0.2) is 0 Å². The van der Waals surface area contributed by atoms with Crippen molar-refractivity contribution >= 4 is 23.2 Å². The topological polar surface area (TPSA) is 126 Å². The van der Waals surface area contributed by atoms with Gasteiger partial charge in [0.2, 0.25) is 11.8 Å². The van der Waals surface area contributed by atoms with Gasteiger partial charge >= 0.3 is 0 Å². The highest BCUT2D eigenvalue weighted by Gasteiger charge is 2.33. The number of aliphatic hydroxyl groups is 1. The van der Waals surface area contributed by atoms with Crippen molar-refractivity contribution in [1.29, 1.82) is 0 Å². The summed E-state index contributed by atoms with van der Waals surface area (Å²) in [4.78, 5) is 27.4. The van der Waals surface area contributed by atoms with Crippen molar-refractivity contribution < 1.29 is 24.2 Å². The largest absolute Gasteiger partial charge is 0.397 e. The Balaban J connectivity index is 0.975. The van der Waals surface area contributed by atoms with Gasteiger partial charge in [-0.05, 0) is 70.0 Å². The van der Waals surface area contributed by atoms with Gasteiger partial charge in [-0.1, -0.05) is 140 Å². The molecule has 2 amide bonds. The highest BCUT2D eigenvalue weighted by Crippen LogP contribution is 2.39. The van der Waals surface area contributed by atoms with Crippen LogP contribution in [0, 0.1) is 0 Å². The van der Waals surface area contributed by atoms with Crippen LogP contribution in [-0.2, 0) is 45.3 Å². The second-order valence-corrected chi connectivity index (χ2v) is 15.4. The standard InChI is InChI=1S/C51H54N4O5/c52-46-18-7-8-19-47(46)54-50(58)21-10-9-20-49(57)53-32-40-16-11-17-44(30-40)41-26-28-43(29-27-41)51-59-45(31-48(60-51)42-24-22-39(36-56)23-25-42)35-55(33-37-12-3-1-4-13-37)34-38-14-5-2-6-15-38/h1-8,11-19,22-30,45,48,51,56H,9-10,20-21,31-36,52H2,(H,53,57)(H,54,58)/t45-,48+,51+/m1/s1. The van der Waals surface area contributed by atoms with Crippen molar-refractivity contribution in [3.05, 3.63) is 191 Å². The van der Waals surface area contributed by atoms with Gasteiger partial charge in [0.15, 0.2) is 6.29 Å². The first-order valence-electron chi connectivity index (χ1n) is 20.8. The van der Waals surface area contributed by atoms with E-state index in [0.717, 1.165) is 53.0 Å². The van der Waals surface area contributed by atoms with Crippen molar-refractivity contribution in [2.24, 2.45) is 0 Å². The van der Waals surface area contributed by atoms with Crippen molar-refractivity contribution in [3.8, 4) is 11.1 Å². The smallest absolute Gasteiger partial charge is 0.224 e. The predicted molar refractivity (Wildman–Crippen MR) is 237 cm³/mol. The Hall–Kier alpha value is -6.10. The first kappa shape index (κ1) is 42.0. The van der Waals surface area contributed by atoms with Crippen LogP contribution in [0.5, 0.6) is 0 Å². The molecule has 7 rings (SSSR count). The SMILES string of the molecule is Nc1ccccc1NC(=O)CCCCC(=O)NCc1cccc(-c2ccc([C@H]3O[C@@H](CN(Cc4ccccc4)Cc4ccccc4)C[C@@H](c4ccc(CO)cc4)O3)cc2)c1. The summed E-state index contributed by atoms with van der Waals surface area (Å²) in [6.45, 7) is 2.71. The lowest BCUT2D eigenvalue weighted by Gasteiger charge is -2.38. The lowest BCUT2D eigenvalue weighted by Crippen LogP contribution is -2.39. The number of nitrogens with zero attached hydrogens (tertiary/aromatic N) is 1. The number of amides is 2. The summed E-state index contributed by atoms with van der Waals surface area (Å²) in [5, 5.41) is 15.5. The third-order valence-electron chi connectivity index (χ3n) is 10.8. The lowest BCUT2D eigenvalue weighted by atomic mass is 9.98. The van der Waals surface area contributed by atoms with Crippen LogP contribution < -0.4 is 16.4 Å². The zero-order valence-corrected chi connectivity index (χ0v) is 33.9. The van der Waals surface area contributed by atoms with Crippen molar-refractivity contribution in [2.45, 2.75) is 76.8 Å². The van der Waals surface area contributed by atoms with Crippen LogP contribution in [0.4, 0.5) is 11.4 Å². The molecule has 0 aliphatic carbocycles. The summed E-state index contributed by atoms with van der Waals surface area (Å²) >= 11 is 0. The van der Waals surface area contributed by atoms with Gasteiger partial charge in [0.1, 0.15) is 0 Å². The zero-order chi connectivity index (χ0) is 41.5. The van der Waals surface area contributed by atoms with Crippen LogP contribution in [0.25, 0.3) is 11.1 Å². The third kappa shape index (κ3) is 12.2. The number of carbonyl (C=O) groups is 2. The monoisotopic (exact) mass is 802 g/mol. The van der Waals surface area contributed by atoms with Crippen molar-refractivity contribution in [1.82, 2.24) is 10.2 Å². The van der Waals surface area contributed by atoms with Crippen LogP contribution in [0.15, 0.2) is 158 Å². The number of carbonyl (C=O) groups excluding carboxylic acids is 2. The summed E-state index contributed by atoms with van der Waals surface area (Å²) in [6, 6.07) is 52.8. The molecule has 0 spiro atoms. The van der Waals surface area contributed by atoms with Crippen LogP contribution in [0.2, 0.25) is 0 Å². The molecule has 6 aromatic rings. The first-order chi connectivity index (χ1) is 29.4. The maximum absolute atomic E-state index is 12.7. The van der Waals surface area contributed by atoms with E-state index < -0.39 is 6.29 Å². The van der Waals surface area contributed by atoms with Gasteiger partial charge in [0, 0.05) is 51.0 Å². The van der Waals surface area contributed by atoms with Crippen LogP contribution in [-0.4, -0.2) is 34.5 Å². The van der Waals surface area contributed by atoms with Crippen LogP contribution in [0.1, 0.15) is 77.9 Å². The molecular weight excluding hydrogens is 749 g/mol. The van der Waals surface area contributed by atoms with E-state index in [-0.39, 0.29) is 30.6 Å². The number of benzene rings is 6. The number of nitrogen functional groups attached to an aromatic ring is 1. The molecule has 1 heterocycles. The van der Waals surface area contributed by atoms with E-state index in [1.807, 2.05) is 60.7 Å². The number of hydrogen-bond donors (Lipinski definition) is 4. The minimum Gasteiger partial charge on any atom is -0.397 e. The fraction of sp³-hybridized carbons (Fsp3) is 0.255. The Kier molecular flexibility index (Phi) is 14.9. The van der Waals surface area contributed by atoms with E-state index in [4.69, 9.17) is 15.2 Å². The van der Waals surface area contributed by atoms with E-state index in [2.05, 4.69) is 100 Å². The molecule has 3 atom stereocenters. The Bertz CT molecular complexity index is 2230. The fourth-order valence-electron chi connectivity index (χ4n) is 7.57. The Morgan fingerprint density at radius 2 is 1.25 bits per heavy atom. The number of anilines is 2. The van der Waals surface area contributed by atoms with Crippen molar-refractivity contribution in [3.63, 3.8) is 0 Å². The number of para-hydroxylation sites is 2. The number of nitrogens with two attached hydrogens (primary N) is 1. The molecule has 0 aromatic heterocycles. The van der Waals surface area contributed by atoms with Crippen molar-refractivity contribution in [2.75, 3.05) is 17.6 Å². The highest BCUT2D eigenvalue weighted by molar-refractivity contribution is 5.93. The molecule has 9 nitrogen and oxygen atoms in total. The molecule has 6 aromatic carbocycles. The Morgan fingerprint density at radius 1 is 0.633 bits per heavy atom. The maximum atomic E-state index is 12.7. The van der Waals surface area contributed by atoms with E-state index >= 15 is 0 Å². The van der Waals surface area contributed by atoms with E-state index in [1.165, 1.54) is 11.1 Å². The van der Waals surface area contributed by atoms with E-state index in [9.17, 15) is 14.7 Å². The van der Waals surface area contributed by atoms with Gasteiger partial charge in [0.25, 0.3) is 0 Å². The average Bonchev–Trinajstić information content (AvgIpc) is 3.28. The normalized spacial score (nSPS) is 16.3. The molecule has 60 heavy (non-hydrogen) atoms. The minimum absolute atomic E-state index is 0.00640. The molecule has 0 radical (unpaired) electrons. The van der Waals surface area contributed by atoms with Gasteiger partial charge in [-0.2, -0.15) is 0 Å².